The van der Waals surface area contributed by atoms with Crippen LogP contribution >= 0.6 is 0 Å². The number of benzene rings is 1. The first-order chi connectivity index (χ1) is 9.38. The normalized spacial score (nSPS) is 12.6. The molecule has 1 aromatic carbocycles. The van der Waals surface area contributed by atoms with Crippen molar-refractivity contribution in [2.75, 3.05) is 0 Å². The Morgan fingerprint density at radius 3 is 2.45 bits per heavy atom. The Labute approximate surface area is 118 Å². The first-order valence-corrected chi connectivity index (χ1v) is 7.70. The fourth-order valence-corrected chi connectivity index (χ4v) is 3.11. The number of hydrogen-bond donors (Lipinski definition) is 1. The van der Waals surface area contributed by atoms with E-state index in [0.717, 1.165) is 0 Å². The molecule has 0 spiro atoms. The molecular weight excluding hydrogens is 280 g/mol. The Hall–Kier alpha value is -1.91. The predicted octanol–water partition coefficient (Wildman–Crippen LogP) is 1.82. The number of terminal acetylenes is 1. The van der Waals surface area contributed by atoms with E-state index in [0.29, 0.717) is 18.4 Å². The second kappa shape index (κ2) is 7.03. The van der Waals surface area contributed by atoms with Gasteiger partial charge in [0, 0.05) is 24.6 Å². The lowest BCUT2D eigenvalue weighted by atomic mass is 10.2. The van der Waals surface area contributed by atoms with Gasteiger partial charge in [0.25, 0.3) is 5.69 Å². The van der Waals surface area contributed by atoms with Gasteiger partial charge in [0.2, 0.25) is 10.0 Å². The Morgan fingerprint density at radius 1 is 1.40 bits per heavy atom. The lowest BCUT2D eigenvalue weighted by Crippen LogP contribution is -2.34. The van der Waals surface area contributed by atoms with Crippen molar-refractivity contribution in [2.24, 2.45) is 0 Å². The van der Waals surface area contributed by atoms with E-state index in [-0.39, 0.29) is 17.5 Å². The van der Waals surface area contributed by atoms with Crippen LogP contribution in [0, 0.1) is 22.5 Å². The van der Waals surface area contributed by atoms with Gasteiger partial charge in [-0.2, -0.15) is 0 Å². The number of hydrogen-bond acceptors (Lipinski definition) is 4. The third-order valence-electron chi connectivity index (χ3n) is 2.71. The zero-order valence-electron chi connectivity index (χ0n) is 11.1. The Morgan fingerprint density at radius 2 is 2.00 bits per heavy atom. The summed E-state index contributed by atoms with van der Waals surface area (Å²) in [5.74, 6) is 2.19. The van der Waals surface area contributed by atoms with E-state index < -0.39 is 14.9 Å². The molecule has 0 saturated carbocycles. The molecule has 0 aromatic heterocycles. The Kier molecular flexibility index (Phi) is 5.67. The second-order valence-electron chi connectivity index (χ2n) is 4.31. The van der Waals surface area contributed by atoms with Crippen LogP contribution in [0.15, 0.2) is 24.3 Å². The average molecular weight is 296 g/mol. The van der Waals surface area contributed by atoms with E-state index in [9.17, 15) is 18.5 Å². The van der Waals surface area contributed by atoms with Crippen molar-refractivity contribution in [3.63, 3.8) is 0 Å². The summed E-state index contributed by atoms with van der Waals surface area (Å²) in [6, 6.07) is 5.13. The fraction of sp³-hybridized carbons (Fsp3) is 0.385. The molecule has 0 radical (unpaired) electrons. The van der Waals surface area contributed by atoms with Gasteiger partial charge in [-0.25, -0.2) is 13.1 Å². The summed E-state index contributed by atoms with van der Waals surface area (Å²) in [6.07, 6.45) is 6.10. The monoisotopic (exact) mass is 296 g/mol. The molecule has 1 aromatic rings. The van der Waals surface area contributed by atoms with Gasteiger partial charge < -0.3 is 0 Å². The van der Waals surface area contributed by atoms with Gasteiger partial charge in [-0.15, -0.1) is 12.3 Å². The van der Waals surface area contributed by atoms with Crippen molar-refractivity contribution in [1.29, 1.82) is 0 Å². The summed E-state index contributed by atoms with van der Waals surface area (Å²) in [7, 11) is -3.52. The molecule has 1 N–H and O–H groups in total. The van der Waals surface area contributed by atoms with Crippen LogP contribution in [0.2, 0.25) is 0 Å². The molecule has 0 amide bonds. The van der Waals surface area contributed by atoms with Crippen LogP contribution in [0.1, 0.15) is 25.3 Å². The molecule has 1 atom stereocenters. The van der Waals surface area contributed by atoms with E-state index in [1.807, 2.05) is 6.92 Å². The summed E-state index contributed by atoms with van der Waals surface area (Å²) in [6.45, 7) is 1.84. The van der Waals surface area contributed by atoms with E-state index in [1.54, 1.807) is 0 Å². The van der Waals surface area contributed by atoms with Gasteiger partial charge in [-0.05, 0) is 12.0 Å². The molecule has 0 fully saturated rings. The summed E-state index contributed by atoms with van der Waals surface area (Å²) in [5.41, 5.74) is 0.413. The van der Waals surface area contributed by atoms with Crippen LogP contribution in [0.3, 0.4) is 0 Å². The smallest absolute Gasteiger partial charge is 0.258 e. The van der Waals surface area contributed by atoms with Crippen LogP contribution in [-0.2, 0) is 15.8 Å². The Bertz CT molecular complexity index is 602. The number of non-ortho nitro benzene ring substituents is 1. The van der Waals surface area contributed by atoms with Crippen LogP contribution in [0.5, 0.6) is 0 Å². The standard InChI is InChI=1S/C13H16N2O4S/c1-3-5-12(4-2)14-20(18,19)10-11-6-8-13(9-7-11)15(16)17/h1,6-9,12,14H,4-5,10H2,2H3. The van der Waals surface area contributed by atoms with Gasteiger partial charge in [0.05, 0.1) is 10.7 Å². The van der Waals surface area contributed by atoms with E-state index in [4.69, 9.17) is 6.42 Å². The van der Waals surface area contributed by atoms with Crippen molar-refractivity contribution in [1.82, 2.24) is 4.72 Å². The molecule has 7 heteroatoms. The minimum atomic E-state index is -3.52. The van der Waals surface area contributed by atoms with E-state index >= 15 is 0 Å². The minimum Gasteiger partial charge on any atom is -0.258 e. The Balaban J connectivity index is 2.75. The van der Waals surface area contributed by atoms with E-state index in [1.165, 1.54) is 24.3 Å². The molecule has 1 rings (SSSR count). The van der Waals surface area contributed by atoms with Gasteiger partial charge in [0.1, 0.15) is 0 Å². The highest BCUT2D eigenvalue weighted by molar-refractivity contribution is 7.88. The molecule has 6 nitrogen and oxygen atoms in total. The zero-order valence-corrected chi connectivity index (χ0v) is 11.9. The predicted molar refractivity (Wildman–Crippen MR) is 76.4 cm³/mol. The van der Waals surface area contributed by atoms with Crippen LogP contribution in [0.4, 0.5) is 5.69 Å². The second-order valence-corrected chi connectivity index (χ2v) is 6.07. The molecule has 0 bridgehead atoms. The quantitative estimate of drug-likeness (QED) is 0.472. The number of nitro groups is 1. The number of rotatable bonds is 7. The lowest BCUT2D eigenvalue weighted by molar-refractivity contribution is -0.384. The van der Waals surface area contributed by atoms with Crippen molar-refractivity contribution in [3.05, 3.63) is 39.9 Å². The third-order valence-corrected chi connectivity index (χ3v) is 4.11. The molecule has 0 aliphatic carbocycles. The van der Waals surface area contributed by atoms with Gasteiger partial charge >= 0.3 is 0 Å². The molecule has 108 valence electrons. The molecule has 0 aliphatic rings. The maximum Gasteiger partial charge on any atom is 0.269 e. The summed E-state index contributed by atoms with van der Waals surface area (Å²) in [5, 5.41) is 10.5. The summed E-state index contributed by atoms with van der Waals surface area (Å²) < 4.78 is 26.4. The number of nitrogens with zero attached hydrogens (tertiary/aromatic N) is 1. The van der Waals surface area contributed by atoms with Gasteiger partial charge in [0.15, 0.2) is 0 Å². The van der Waals surface area contributed by atoms with Crippen molar-refractivity contribution >= 4 is 15.7 Å². The highest BCUT2D eigenvalue weighted by Crippen LogP contribution is 2.14. The zero-order chi connectivity index (χ0) is 15.2. The average Bonchev–Trinajstić information content (AvgIpc) is 2.38. The minimum absolute atomic E-state index is 0.0714. The van der Waals surface area contributed by atoms with Crippen LogP contribution < -0.4 is 4.72 Å². The van der Waals surface area contributed by atoms with Crippen LogP contribution in [0.25, 0.3) is 0 Å². The van der Waals surface area contributed by atoms with Crippen molar-refractivity contribution in [3.8, 4) is 12.3 Å². The fourth-order valence-electron chi connectivity index (χ4n) is 1.64. The molecule has 0 saturated heterocycles. The largest absolute Gasteiger partial charge is 0.269 e. The number of nitro benzene ring substituents is 1. The van der Waals surface area contributed by atoms with Gasteiger partial charge in [-0.1, -0.05) is 19.1 Å². The lowest BCUT2D eigenvalue weighted by Gasteiger charge is -2.14. The van der Waals surface area contributed by atoms with Crippen LogP contribution in [-0.4, -0.2) is 19.4 Å². The first kappa shape index (κ1) is 16.1. The molecular formula is C13H16N2O4S. The molecule has 0 aliphatic heterocycles. The number of nitrogens with one attached hydrogen (secondary N) is 1. The van der Waals surface area contributed by atoms with E-state index in [2.05, 4.69) is 10.6 Å². The third kappa shape index (κ3) is 4.99. The van der Waals surface area contributed by atoms with Crippen molar-refractivity contribution in [2.45, 2.75) is 31.6 Å². The topological polar surface area (TPSA) is 89.3 Å². The summed E-state index contributed by atoms with van der Waals surface area (Å²) in [4.78, 5) is 9.98. The molecule has 20 heavy (non-hydrogen) atoms. The maximum atomic E-state index is 11.9. The first-order valence-electron chi connectivity index (χ1n) is 6.04. The number of sulfonamides is 1. The molecule has 0 heterocycles. The maximum absolute atomic E-state index is 11.9. The SMILES string of the molecule is C#CCC(CC)NS(=O)(=O)Cc1ccc([N+](=O)[O-])cc1. The highest BCUT2D eigenvalue weighted by Gasteiger charge is 2.17. The summed E-state index contributed by atoms with van der Waals surface area (Å²) >= 11 is 0. The molecule has 1 unspecified atom stereocenters. The van der Waals surface area contributed by atoms with Gasteiger partial charge in [-0.3, -0.25) is 10.1 Å². The van der Waals surface area contributed by atoms with Crippen molar-refractivity contribution < 1.29 is 13.3 Å². The highest BCUT2D eigenvalue weighted by atomic mass is 32.2.